The van der Waals surface area contributed by atoms with Crippen molar-refractivity contribution >= 4 is 27.2 Å². The quantitative estimate of drug-likeness (QED) is 0.851. The van der Waals surface area contributed by atoms with E-state index in [1.165, 1.54) is 10.6 Å². The van der Waals surface area contributed by atoms with Gasteiger partial charge in [-0.1, -0.05) is 6.07 Å². The number of aromatic nitrogens is 2. The molecule has 3 rings (SSSR count). The molecule has 0 saturated carbocycles. The average molecular weight is 338 g/mol. The molecule has 118 valence electrons. The maximum Gasteiger partial charge on any atom is 0.211 e. The first-order valence-corrected chi connectivity index (χ1v) is 9.71. The SMILES string of the molecule is Cc1nc(CN2CCN(S(C)(=O)=O)Cc3cccnc32)cs1. The van der Waals surface area contributed by atoms with Crippen LogP contribution in [0.25, 0.3) is 0 Å². The molecule has 6 nitrogen and oxygen atoms in total. The third kappa shape index (κ3) is 3.29. The Hall–Kier alpha value is -1.51. The number of fused-ring (bicyclic) bond motifs is 1. The molecule has 0 N–H and O–H groups in total. The van der Waals surface area contributed by atoms with E-state index in [-0.39, 0.29) is 0 Å². The first-order valence-electron chi connectivity index (χ1n) is 6.98. The van der Waals surface area contributed by atoms with E-state index in [4.69, 9.17) is 0 Å². The van der Waals surface area contributed by atoms with Crippen LogP contribution < -0.4 is 4.90 Å². The summed E-state index contributed by atoms with van der Waals surface area (Å²) in [5, 5.41) is 3.07. The molecule has 1 aliphatic rings. The zero-order valence-electron chi connectivity index (χ0n) is 12.6. The summed E-state index contributed by atoms with van der Waals surface area (Å²) in [6, 6.07) is 3.78. The van der Waals surface area contributed by atoms with Gasteiger partial charge in [0.05, 0.1) is 23.5 Å². The average Bonchev–Trinajstić information content (AvgIpc) is 2.76. The van der Waals surface area contributed by atoms with Gasteiger partial charge in [-0.2, -0.15) is 4.31 Å². The molecule has 0 aromatic carbocycles. The number of hydrogen-bond donors (Lipinski definition) is 0. The maximum absolute atomic E-state index is 11.9. The fraction of sp³-hybridized carbons (Fsp3) is 0.429. The normalized spacial score (nSPS) is 16.4. The molecular weight excluding hydrogens is 320 g/mol. The summed E-state index contributed by atoms with van der Waals surface area (Å²) in [5.74, 6) is 0.847. The molecule has 0 amide bonds. The highest BCUT2D eigenvalue weighted by Gasteiger charge is 2.25. The lowest BCUT2D eigenvalue weighted by Crippen LogP contribution is -2.34. The van der Waals surface area contributed by atoms with Crippen LogP contribution in [0.1, 0.15) is 16.3 Å². The van der Waals surface area contributed by atoms with Crippen LogP contribution in [0.5, 0.6) is 0 Å². The fourth-order valence-corrected chi connectivity index (χ4v) is 3.95. The van der Waals surface area contributed by atoms with Gasteiger partial charge in [-0.15, -0.1) is 11.3 Å². The van der Waals surface area contributed by atoms with Crippen molar-refractivity contribution in [1.82, 2.24) is 14.3 Å². The van der Waals surface area contributed by atoms with Crippen molar-refractivity contribution in [2.45, 2.75) is 20.0 Å². The van der Waals surface area contributed by atoms with Crippen LogP contribution in [-0.4, -0.2) is 42.0 Å². The zero-order chi connectivity index (χ0) is 15.7. The Morgan fingerprint density at radius 2 is 2.18 bits per heavy atom. The second-order valence-electron chi connectivity index (χ2n) is 5.36. The van der Waals surface area contributed by atoms with Crippen molar-refractivity contribution in [3.8, 4) is 0 Å². The smallest absolute Gasteiger partial charge is 0.211 e. The summed E-state index contributed by atoms with van der Waals surface area (Å²) in [7, 11) is -3.22. The molecule has 0 radical (unpaired) electrons. The number of rotatable bonds is 3. The summed E-state index contributed by atoms with van der Waals surface area (Å²) >= 11 is 1.62. The number of sulfonamides is 1. The molecule has 2 aromatic rings. The largest absolute Gasteiger partial charge is 0.349 e. The topological polar surface area (TPSA) is 66.4 Å². The Bertz CT molecular complexity index is 773. The Morgan fingerprint density at radius 1 is 1.36 bits per heavy atom. The lowest BCUT2D eigenvalue weighted by molar-refractivity contribution is 0.422. The molecule has 0 fully saturated rings. The van der Waals surface area contributed by atoms with Crippen molar-refractivity contribution in [2.75, 3.05) is 24.2 Å². The molecule has 0 unspecified atom stereocenters. The van der Waals surface area contributed by atoms with E-state index < -0.39 is 10.0 Å². The number of anilines is 1. The van der Waals surface area contributed by atoms with Crippen LogP contribution in [0.4, 0.5) is 5.82 Å². The van der Waals surface area contributed by atoms with Gasteiger partial charge in [-0.3, -0.25) is 0 Å². The number of nitrogens with zero attached hydrogens (tertiary/aromatic N) is 4. The number of pyridine rings is 1. The highest BCUT2D eigenvalue weighted by Crippen LogP contribution is 2.25. The lowest BCUT2D eigenvalue weighted by atomic mass is 10.2. The molecule has 0 atom stereocenters. The zero-order valence-corrected chi connectivity index (χ0v) is 14.2. The second kappa shape index (κ2) is 5.94. The molecular formula is C14H18N4O2S2. The Balaban J connectivity index is 1.92. The summed E-state index contributed by atoms with van der Waals surface area (Å²) in [5.41, 5.74) is 1.92. The van der Waals surface area contributed by atoms with Crippen LogP contribution in [-0.2, 0) is 23.1 Å². The number of aryl methyl sites for hydroxylation is 1. The summed E-state index contributed by atoms with van der Waals surface area (Å²) in [6.07, 6.45) is 3.00. The van der Waals surface area contributed by atoms with E-state index in [0.717, 1.165) is 22.1 Å². The molecule has 0 spiro atoms. The lowest BCUT2D eigenvalue weighted by Gasteiger charge is -2.22. The Morgan fingerprint density at radius 3 is 2.86 bits per heavy atom. The number of thiazole rings is 1. The minimum Gasteiger partial charge on any atom is -0.349 e. The highest BCUT2D eigenvalue weighted by atomic mass is 32.2. The van der Waals surface area contributed by atoms with Gasteiger partial charge in [0.1, 0.15) is 5.82 Å². The molecule has 3 heterocycles. The van der Waals surface area contributed by atoms with Crippen LogP contribution in [0.2, 0.25) is 0 Å². The second-order valence-corrected chi connectivity index (χ2v) is 8.41. The molecule has 0 bridgehead atoms. The van der Waals surface area contributed by atoms with E-state index >= 15 is 0 Å². The predicted molar refractivity (Wildman–Crippen MR) is 87.4 cm³/mol. The van der Waals surface area contributed by atoms with Crippen molar-refractivity contribution in [3.05, 3.63) is 40.0 Å². The minimum atomic E-state index is -3.22. The fourth-order valence-electron chi connectivity index (χ4n) is 2.56. The van der Waals surface area contributed by atoms with Gasteiger partial charge in [-0.25, -0.2) is 18.4 Å². The summed E-state index contributed by atoms with van der Waals surface area (Å²) < 4.78 is 25.3. The van der Waals surface area contributed by atoms with Crippen LogP contribution in [0, 0.1) is 6.92 Å². The van der Waals surface area contributed by atoms with Gasteiger partial charge >= 0.3 is 0 Å². The van der Waals surface area contributed by atoms with Gasteiger partial charge in [0.25, 0.3) is 0 Å². The van der Waals surface area contributed by atoms with Gasteiger partial charge in [0.15, 0.2) is 0 Å². The Labute approximate surface area is 134 Å². The van der Waals surface area contributed by atoms with Crippen molar-refractivity contribution < 1.29 is 8.42 Å². The van der Waals surface area contributed by atoms with E-state index in [9.17, 15) is 8.42 Å². The summed E-state index contributed by atoms with van der Waals surface area (Å²) in [4.78, 5) is 11.1. The van der Waals surface area contributed by atoms with E-state index in [2.05, 4.69) is 14.9 Å². The predicted octanol–water partition coefficient (Wildman–Crippen LogP) is 1.63. The monoisotopic (exact) mass is 338 g/mol. The molecule has 0 aliphatic carbocycles. The maximum atomic E-state index is 11.9. The third-order valence-electron chi connectivity index (χ3n) is 3.62. The van der Waals surface area contributed by atoms with Gasteiger partial charge in [0, 0.05) is 36.8 Å². The van der Waals surface area contributed by atoms with Crippen LogP contribution in [0.15, 0.2) is 23.7 Å². The summed E-state index contributed by atoms with van der Waals surface area (Å²) in [6.45, 7) is 4.06. The van der Waals surface area contributed by atoms with Gasteiger partial charge < -0.3 is 4.90 Å². The van der Waals surface area contributed by atoms with Crippen molar-refractivity contribution in [3.63, 3.8) is 0 Å². The highest BCUT2D eigenvalue weighted by molar-refractivity contribution is 7.88. The molecule has 0 saturated heterocycles. The van der Waals surface area contributed by atoms with Crippen molar-refractivity contribution in [2.24, 2.45) is 0 Å². The third-order valence-corrected chi connectivity index (χ3v) is 5.69. The standard InChI is InChI=1S/C14H18N4O2S2/c1-11-16-13(10-21-11)9-17-6-7-18(22(2,19)20)8-12-4-3-5-15-14(12)17/h3-5,10H,6-9H2,1-2H3. The van der Waals surface area contributed by atoms with Crippen LogP contribution >= 0.6 is 11.3 Å². The molecule has 1 aliphatic heterocycles. The Kier molecular flexibility index (Phi) is 4.16. The van der Waals surface area contributed by atoms with E-state index in [1.54, 1.807) is 17.5 Å². The van der Waals surface area contributed by atoms with Crippen LogP contribution in [0.3, 0.4) is 0 Å². The van der Waals surface area contributed by atoms with E-state index in [0.29, 0.717) is 26.2 Å². The van der Waals surface area contributed by atoms with Gasteiger partial charge in [-0.05, 0) is 13.0 Å². The van der Waals surface area contributed by atoms with E-state index in [1.807, 2.05) is 24.4 Å². The first kappa shape index (κ1) is 15.4. The number of hydrogen-bond acceptors (Lipinski definition) is 6. The molecule has 8 heteroatoms. The minimum absolute atomic E-state index is 0.370. The van der Waals surface area contributed by atoms with Crippen molar-refractivity contribution in [1.29, 1.82) is 0 Å². The molecule has 22 heavy (non-hydrogen) atoms. The van der Waals surface area contributed by atoms with Gasteiger partial charge in [0.2, 0.25) is 10.0 Å². The molecule has 2 aromatic heterocycles. The first-order chi connectivity index (χ1) is 10.4.